The van der Waals surface area contributed by atoms with E-state index in [2.05, 4.69) is 0 Å². The number of Topliss-reactive ketones (excluding diaryl/α,β-unsaturated/α-hetero) is 1. The van der Waals surface area contributed by atoms with E-state index < -0.39 is 5.97 Å². The van der Waals surface area contributed by atoms with Crippen LogP contribution in [-0.4, -0.2) is 31.6 Å². The van der Waals surface area contributed by atoms with E-state index in [-0.39, 0.29) is 12.4 Å². The first-order valence-corrected chi connectivity index (χ1v) is 8.17. The van der Waals surface area contributed by atoms with Crippen molar-refractivity contribution in [1.82, 2.24) is 0 Å². The van der Waals surface area contributed by atoms with Gasteiger partial charge in [0.1, 0.15) is 4.88 Å². The largest absolute Gasteiger partial charge is 0.490 e. The van der Waals surface area contributed by atoms with E-state index in [1.807, 2.05) is 18.4 Å². The molecule has 1 aromatic carbocycles. The van der Waals surface area contributed by atoms with Crippen molar-refractivity contribution in [1.29, 1.82) is 0 Å². The number of carbonyl (C=O) groups excluding carboxylic acids is 2. The maximum Gasteiger partial charge on any atom is 0.349 e. The van der Waals surface area contributed by atoms with Gasteiger partial charge in [-0.25, -0.2) is 4.79 Å². The van der Waals surface area contributed by atoms with Crippen LogP contribution in [0.5, 0.6) is 11.5 Å². The van der Waals surface area contributed by atoms with Crippen LogP contribution >= 0.6 is 11.3 Å². The van der Waals surface area contributed by atoms with Gasteiger partial charge in [-0.2, -0.15) is 0 Å². The molecule has 0 amide bonds. The zero-order chi connectivity index (χ0) is 16.2. The number of rotatable bonds is 4. The molecule has 0 spiro atoms. The average molecular weight is 332 g/mol. The van der Waals surface area contributed by atoms with E-state index in [1.165, 1.54) is 11.3 Å². The van der Waals surface area contributed by atoms with E-state index >= 15 is 0 Å². The number of esters is 1. The van der Waals surface area contributed by atoms with E-state index in [1.54, 1.807) is 18.2 Å². The van der Waals surface area contributed by atoms with Crippen LogP contribution in [0.1, 0.15) is 32.0 Å². The fourth-order valence-corrected chi connectivity index (χ4v) is 3.02. The molecule has 3 rings (SSSR count). The summed E-state index contributed by atoms with van der Waals surface area (Å²) in [5.41, 5.74) is 1.29. The van der Waals surface area contributed by atoms with Crippen LogP contribution in [0.4, 0.5) is 0 Å². The van der Waals surface area contributed by atoms with Gasteiger partial charge in [-0.05, 0) is 42.1 Å². The van der Waals surface area contributed by atoms with Gasteiger partial charge in [0.2, 0.25) is 0 Å². The predicted molar refractivity (Wildman–Crippen MR) is 85.7 cm³/mol. The molecular formula is C17H16O5S. The average Bonchev–Trinajstić information content (AvgIpc) is 2.85. The van der Waals surface area contributed by atoms with E-state index in [0.29, 0.717) is 35.2 Å². The molecule has 0 unspecified atom stereocenters. The van der Waals surface area contributed by atoms with Gasteiger partial charge in [-0.1, -0.05) is 0 Å². The zero-order valence-electron chi connectivity index (χ0n) is 12.7. The Morgan fingerprint density at radius 2 is 1.96 bits per heavy atom. The van der Waals surface area contributed by atoms with Crippen molar-refractivity contribution < 1.29 is 23.8 Å². The maximum atomic E-state index is 12.2. The third-order valence-electron chi connectivity index (χ3n) is 3.45. The molecule has 2 aromatic rings. The summed E-state index contributed by atoms with van der Waals surface area (Å²) in [5.74, 6) is 0.433. The minimum absolute atomic E-state index is 0.275. The van der Waals surface area contributed by atoms with Gasteiger partial charge in [-0.3, -0.25) is 4.79 Å². The fraction of sp³-hybridized carbons (Fsp3) is 0.294. The van der Waals surface area contributed by atoms with Gasteiger partial charge >= 0.3 is 5.97 Å². The van der Waals surface area contributed by atoms with Crippen LogP contribution in [-0.2, 0) is 4.74 Å². The molecule has 1 aromatic heterocycles. The number of carbonyl (C=O) groups is 2. The Morgan fingerprint density at radius 3 is 2.70 bits per heavy atom. The molecule has 0 radical (unpaired) electrons. The van der Waals surface area contributed by atoms with E-state index in [9.17, 15) is 9.59 Å². The highest BCUT2D eigenvalue weighted by atomic mass is 32.1. The van der Waals surface area contributed by atoms with Gasteiger partial charge in [0.25, 0.3) is 0 Å². The lowest BCUT2D eigenvalue weighted by Gasteiger charge is -2.09. The molecule has 0 saturated heterocycles. The third kappa shape index (κ3) is 3.53. The Labute approximate surface area is 137 Å². The van der Waals surface area contributed by atoms with Gasteiger partial charge in [0.05, 0.1) is 13.2 Å². The molecule has 0 atom stereocenters. The molecule has 0 bridgehead atoms. The molecule has 1 aliphatic rings. The minimum Gasteiger partial charge on any atom is -0.490 e. The highest BCUT2D eigenvalue weighted by molar-refractivity contribution is 7.12. The Hall–Kier alpha value is -2.34. The van der Waals surface area contributed by atoms with Crippen LogP contribution in [0.15, 0.2) is 29.6 Å². The van der Waals surface area contributed by atoms with Crippen LogP contribution in [0.3, 0.4) is 0 Å². The summed E-state index contributed by atoms with van der Waals surface area (Å²) in [6.45, 7) is 2.68. The van der Waals surface area contributed by atoms with Gasteiger partial charge in [-0.15, -0.1) is 11.3 Å². The van der Waals surface area contributed by atoms with Crippen molar-refractivity contribution in [3.05, 3.63) is 45.6 Å². The Bertz CT molecular complexity index is 734. The monoisotopic (exact) mass is 332 g/mol. The molecule has 0 N–H and O–H groups in total. The first kappa shape index (κ1) is 15.6. The first-order chi connectivity index (χ1) is 11.1. The molecule has 0 fully saturated rings. The number of hydrogen-bond acceptors (Lipinski definition) is 6. The standard InChI is InChI=1S/C17H16O5S/c1-11-5-8-23-16(11)17(19)22-10-13(18)12-3-4-14-15(9-12)21-7-2-6-20-14/h3-5,8-9H,2,6-7,10H2,1H3. The minimum atomic E-state index is -0.472. The summed E-state index contributed by atoms with van der Waals surface area (Å²) >= 11 is 1.30. The predicted octanol–water partition coefficient (Wildman–Crippen LogP) is 3.26. The summed E-state index contributed by atoms with van der Waals surface area (Å²) in [4.78, 5) is 24.7. The molecule has 120 valence electrons. The highest BCUT2D eigenvalue weighted by Gasteiger charge is 2.17. The smallest absolute Gasteiger partial charge is 0.349 e. The lowest BCUT2D eigenvalue weighted by atomic mass is 10.1. The van der Waals surface area contributed by atoms with Crippen LogP contribution in [0.2, 0.25) is 0 Å². The first-order valence-electron chi connectivity index (χ1n) is 7.29. The van der Waals surface area contributed by atoms with Crippen LogP contribution < -0.4 is 9.47 Å². The van der Waals surface area contributed by atoms with Gasteiger partial charge < -0.3 is 14.2 Å². The number of aryl methyl sites for hydroxylation is 1. The number of ether oxygens (including phenoxy) is 3. The number of benzene rings is 1. The second-order valence-corrected chi connectivity index (χ2v) is 6.06. The topological polar surface area (TPSA) is 61.8 Å². The van der Waals surface area contributed by atoms with Crippen molar-refractivity contribution in [2.75, 3.05) is 19.8 Å². The van der Waals surface area contributed by atoms with Crippen LogP contribution in [0.25, 0.3) is 0 Å². The highest BCUT2D eigenvalue weighted by Crippen LogP contribution is 2.30. The lowest BCUT2D eigenvalue weighted by molar-refractivity contribution is 0.0479. The van der Waals surface area contributed by atoms with E-state index in [0.717, 1.165) is 12.0 Å². The van der Waals surface area contributed by atoms with E-state index in [4.69, 9.17) is 14.2 Å². The zero-order valence-corrected chi connectivity index (χ0v) is 13.5. The van der Waals surface area contributed by atoms with Crippen molar-refractivity contribution in [3.63, 3.8) is 0 Å². The summed E-state index contributed by atoms with van der Waals surface area (Å²) in [6, 6.07) is 6.83. The number of thiophene rings is 1. The third-order valence-corrected chi connectivity index (χ3v) is 4.45. The molecule has 23 heavy (non-hydrogen) atoms. The van der Waals surface area contributed by atoms with Crippen LogP contribution in [0, 0.1) is 6.92 Å². The molecule has 2 heterocycles. The normalized spacial score (nSPS) is 13.3. The quantitative estimate of drug-likeness (QED) is 0.635. The molecule has 5 nitrogen and oxygen atoms in total. The lowest BCUT2D eigenvalue weighted by Crippen LogP contribution is -2.14. The second-order valence-electron chi connectivity index (χ2n) is 5.14. The molecule has 6 heteroatoms. The number of fused-ring (bicyclic) bond motifs is 1. The van der Waals surface area contributed by atoms with Crippen molar-refractivity contribution in [3.8, 4) is 11.5 Å². The summed E-state index contributed by atoms with van der Waals surface area (Å²) in [6.07, 6.45) is 0.801. The number of hydrogen-bond donors (Lipinski definition) is 0. The fourth-order valence-electron chi connectivity index (χ4n) is 2.20. The Kier molecular flexibility index (Phi) is 4.62. The summed E-state index contributed by atoms with van der Waals surface area (Å²) in [7, 11) is 0. The summed E-state index contributed by atoms with van der Waals surface area (Å²) in [5, 5.41) is 1.82. The molecule has 0 aliphatic carbocycles. The van der Waals surface area contributed by atoms with Crippen molar-refractivity contribution in [2.24, 2.45) is 0 Å². The van der Waals surface area contributed by atoms with Crippen molar-refractivity contribution in [2.45, 2.75) is 13.3 Å². The number of ketones is 1. The Morgan fingerprint density at radius 1 is 1.17 bits per heavy atom. The SMILES string of the molecule is Cc1ccsc1C(=O)OCC(=O)c1ccc2c(c1)OCCCO2. The molecular weight excluding hydrogens is 316 g/mol. The van der Waals surface area contributed by atoms with Gasteiger partial charge in [0, 0.05) is 12.0 Å². The molecule has 0 saturated carbocycles. The Balaban J connectivity index is 1.65. The maximum absolute atomic E-state index is 12.2. The van der Waals surface area contributed by atoms with Gasteiger partial charge in [0.15, 0.2) is 23.9 Å². The summed E-state index contributed by atoms with van der Waals surface area (Å²) < 4.78 is 16.2. The molecule has 1 aliphatic heterocycles. The van der Waals surface area contributed by atoms with Crippen molar-refractivity contribution >= 4 is 23.1 Å². The second kappa shape index (κ2) is 6.83.